The maximum atomic E-state index is 12.8. The molecule has 0 bridgehead atoms. The fourth-order valence-electron chi connectivity index (χ4n) is 4.59. The van der Waals surface area contributed by atoms with Crippen LogP contribution in [0.4, 0.5) is 0 Å². The third-order valence-corrected chi connectivity index (χ3v) is 9.30. The number of carbonyl (C=O) groups is 2. The van der Waals surface area contributed by atoms with E-state index in [-0.39, 0.29) is 23.3 Å². The minimum absolute atomic E-state index is 0.123. The largest absolute Gasteiger partial charge is 0.465 e. The number of hydrogen-bond acceptors (Lipinski definition) is 6. The van der Waals surface area contributed by atoms with Gasteiger partial charge in [-0.25, -0.2) is 0 Å². The van der Waals surface area contributed by atoms with Crippen molar-refractivity contribution in [3.63, 3.8) is 0 Å². The van der Waals surface area contributed by atoms with E-state index in [0.717, 1.165) is 24.1 Å². The molecule has 0 aromatic carbocycles. The van der Waals surface area contributed by atoms with E-state index in [1.165, 1.54) is 4.88 Å². The van der Waals surface area contributed by atoms with Crippen molar-refractivity contribution < 1.29 is 19.4 Å². The Labute approximate surface area is 215 Å². The lowest BCUT2D eigenvalue weighted by Gasteiger charge is -2.38. The molecule has 2 aliphatic rings. The summed E-state index contributed by atoms with van der Waals surface area (Å²) in [4.78, 5) is 27.6. The number of amides is 1. The zero-order chi connectivity index (χ0) is 24.7. The van der Waals surface area contributed by atoms with Crippen LogP contribution in [0.3, 0.4) is 0 Å². The average molecular weight is 554 g/mol. The number of rotatable bonds is 11. The van der Waals surface area contributed by atoms with Gasteiger partial charge in [0.15, 0.2) is 0 Å². The van der Waals surface area contributed by atoms with E-state index < -0.39 is 23.8 Å². The number of ether oxygens (including phenoxy) is 1. The molecule has 188 valence electrons. The van der Waals surface area contributed by atoms with E-state index in [0.29, 0.717) is 25.2 Å². The minimum atomic E-state index is -1.06. The summed E-state index contributed by atoms with van der Waals surface area (Å²) in [6.45, 7) is 5.99. The first kappa shape index (κ1) is 27.1. The Morgan fingerprint density at radius 1 is 1.26 bits per heavy atom. The maximum absolute atomic E-state index is 12.8. The van der Waals surface area contributed by atoms with Crippen LogP contribution < -0.4 is 10.6 Å². The van der Waals surface area contributed by atoms with E-state index in [1.807, 2.05) is 13.8 Å². The molecule has 4 atom stereocenters. The molecule has 1 fully saturated rings. The first-order valence-electron chi connectivity index (χ1n) is 12.2. The summed E-state index contributed by atoms with van der Waals surface area (Å²) in [6.07, 6.45) is 12.0. The number of allylic oxidation sites excluding steroid dienone is 4. The highest BCUT2D eigenvalue weighted by molar-refractivity contribution is 9.10. The fraction of sp³-hybridized carbons (Fsp3) is 0.615. The predicted octanol–water partition coefficient (Wildman–Crippen LogP) is 4.58. The summed E-state index contributed by atoms with van der Waals surface area (Å²) in [5, 5.41) is 17.5. The Morgan fingerprint density at radius 3 is 2.62 bits per heavy atom. The predicted molar refractivity (Wildman–Crippen MR) is 140 cm³/mol. The van der Waals surface area contributed by atoms with Crippen LogP contribution in [0.5, 0.6) is 0 Å². The van der Waals surface area contributed by atoms with Gasteiger partial charge in [-0.15, -0.1) is 11.3 Å². The molecule has 0 aliphatic heterocycles. The van der Waals surface area contributed by atoms with Crippen LogP contribution in [0.2, 0.25) is 0 Å². The van der Waals surface area contributed by atoms with E-state index in [4.69, 9.17) is 4.74 Å². The van der Waals surface area contributed by atoms with Gasteiger partial charge in [0.1, 0.15) is 12.3 Å². The van der Waals surface area contributed by atoms with Gasteiger partial charge in [0.25, 0.3) is 0 Å². The van der Waals surface area contributed by atoms with Crippen molar-refractivity contribution in [2.24, 2.45) is 5.92 Å². The number of thiophene rings is 1. The molecule has 6 nitrogen and oxygen atoms in total. The molecule has 1 heterocycles. The smallest absolute Gasteiger partial charge is 0.323 e. The molecule has 0 spiro atoms. The number of carbonyl (C=O) groups excluding carboxylic acids is 2. The van der Waals surface area contributed by atoms with Gasteiger partial charge < -0.3 is 15.2 Å². The third-order valence-electron chi connectivity index (χ3n) is 6.59. The fourth-order valence-corrected chi connectivity index (χ4v) is 5.85. The summed E-state index contributed by atoms with van der Waals surface area (Å²) in [7, 11) is 0. The highest BCUT2D eigenvalue weighted by atomic mass is 79.9. The number of hydrogen-bond donors (Lipinski definition) is 3. The standard InChI is InChI=1S/C26H37BrN2O4S/c1-4-33-24(31)20(16-19-12-13-21(34-19)18-10-6-5-7-11-18)28-25(32)26(14-8-9-15-26)29-23(30)22(27)17(2)3/h5-7,10,12-13,17-18,20,22,25,28,32H,4,8-9,11,14-16H2,1-3H3,(H,29,30)/t18?,20?,22-,25?/m1/s1. The number of alkyl halides is 1. The lowest BCUT2D eigenvalue weighted by Crippen LogP contribution is -2.64. The van der Waals surface area contributed by atoms with Crippen molar-refractivity contribution >= 4 is 39.1 Å². The molecule has 1 aromatic rings. The first-order chi connectivity index (χ1) is 16.3. The van der Waals surface area contributed by atoms with Gasteiger partial charge in [0, 0.05) is 22.1 Å². The zero-order valence-electron chi connectivity index (χ0n) is 20.3. The molecule has 3 unspecified atom stereocenters. The van der Waals surface area contributed by atoms with Crippen LogP contribution in [0.1, 0.15) is 68.5 Å². The second-order valence-corrected chi connectivity index (χ2v) is 11.7. The second kappa shape index (κ2) is 12.5. The molecular formula is C26H37BrN2O4S. The number of esters is 1. The molecule has 3 rings (SSSR count). The molecular weight excluding hydrogens is 516 g/mol. The Hall–Kier alpha value is -1.48. The number of aliphatic hydroxyl groups is 1. The molecule has 0 radical (unpaired) electrons. The van der Waals surface area contributed by atoms with Crippen molar-refractivity contribution in [3.05, 3.63) is 46.2 Å². The quantitative estimate of drug-likeness (QED) is 0.212. The van der Waals surface area contributed by atoms with Crippen molar-refractivity contribution in [2.45, 2.75) is 87.8 Å². The average Bonchev–Trinajstić information content (AvgIpc) is 3.49. The normalized spacial score (nSPS) is 21.9. The number of aliphatic hydroxyl groups excluding tert-OH is 1. The molecule has 1 aromatic heterocycles. The molecule has 2 aliphatic carbocycles. The topological polar surface area (TPSA) is 87.7 Å². The Kier molecular flexibility index (Phi) is 9.95. The van der Waals surface area contributed by atoms with Crippen molar-refractivity contribution in [1.29, 1.82) is 0 Å². The maximum Gasteiger partial charge on any atom is 0.323 e. The van der Waals surface area contributed by atoms with Crippen molar-refractivity contribution in [1.82, 2.24) is 10.6 Å². The summed E-state index contributed by atoms with van der Waals surface area (Å²) >= 11 is 5.16. The Balaban J connectivity index is 1.73. The van der Waals surface area contributed by atoms with Crippen LogP contribution in [0.25, 0.3) is 0 Å². The lowest BCUT2D eigenvalue weighted by molar-refractivity contribution is -0.147. The lowest BCUT2D eigenvalue weighted by atomic mass is 9.93. The van der Waals surface area contributed by atoms with Gasteiger partial charge in [0.05, 0.1) is 17.0 Å². The van der Waals surface area contributed by atoms with E-state index in [2.05, 4.69) is 63.0 Å². The van der Waals surface area contributed by atoms with Gasteiger partial charge in [0.2, 0.25) is 5.91 Å². The van der Waals surface area contributed by atoms with E-state index in [1.54, 1.807) is 18.3 Å². The van der Waals surface area contributed by atoms with Crippen LogP contribution in [0, 0.1) is 5.92 Å². The number of halogens is 1. The van der Waals surface area contributed by atoms with Gasteiger partial charge in [-0.2, -0.15) is 0 Å². The van der Waals surface area contributed by atoms with E-state index in [9.17, 15) is 14.7 Å². The van der Waals surface area contributed by atoms with Gasteiger partial charge in [-0.1, -0.05) is 66.9 Å². The minimum Gasteiger partial charge on any atom is -0.465 e. The third kappa shape index (κ3) is 6.80. The highest BCUT2D eigenvalue weighted by Crippen LogP contribution is 2.34. The van der Waals surface area contributed by atoms with Crippen LogP contribution >= 0.6 is 27.3 Å². The monoisotopic (exact) mass is 552 g/mol. The summed E-state index contributed by atoms with van der Waals surface area (Å²) in [5.41, 5.74) is -0.803. The Bertz CT molecular complexity index is 891. The van der Waals surface area contributed by atoms with Gasteiger partial charge >= 0.3 is 5.97 Å². The SMILES string of the molecule is CCOC(=O)C(Cc1ccc(C2C=CC=CC2)s1)NC(O)C1(NC(=O)[C@H](Br)C(C)C)CCCC1. The van der Waals surface area contributed by atoms with E-state index >= 15 is 0 Å². The summed E-state index contributed by atoms with van der Waals surface area (Å²) in [6, 6.07) is 3.47. The molecule has 1 amide bonds. The van der Waals surface area contributed by atoms with Crippen molar-refractivity contribution in [2.75, 3.05) is 6.61 Å². The van der Waals surface area contributed by atoms with Crippen LogP contribution in [-0.4, -0.2) is 46.2 Å². The first-order valence-corrected chi connectivity index (χ1v) is 14.0. The second-order valence-electron chi connectivity index (χ2n) is 9.54. The Morgan fingerprint density at radius 2 is 2.00 bits per heavy atom. The summed E-state index contributed by atoms with van der Waals surface area (Å²) < 4.78 is 5.32. The van der Waals surface area contributed by atoms with Crippen LogP contribution in [-0.2, 0) is 20.7 Å². The molecule has 1 saturated carbocycles. The molecule has 34 heavy (non-hydrogen) atoms. The molecule has 0 saturated heterocycles. The van der Waals surface area contributed by atoms with Crippen molar-refractivity contribution in [3.8, 4) is 0 Å². The zero-order valence-corrected chi connectivity index (χ0v) is 22.7. The van der Waals surface area contributed by atoms with Gasteiger partial charge in [-0.05, 0) is 44.2 Å². The van der Waals surface area contributed by atoms with Gasteiger partial charge in [-0.3, -0.25) is 14.9 Å². The molecule has 3 N–H and O–H groups in total. The highest BCUT2D eigenvalue weighted by Gasteiger charge is 2.44. The van der Waals surface area contributed by atoms with Crippen LogP contribution in [0.15, 0.2) is 36.4 Å². The number of nitrogens with one attached hydrogen (secondary N) is 2. The molecule has 8 heteroatoms. The summed E-state index contributed by atoms with van der Waals surface area (Å²) in [5.74, 6) is -0.0447.